The molecule has 0 fully saturated rings. The normalized spacial score (nSPS) is 12.4. The maximum absolute atomic E-state index is 13.3. The summed E-state index contributed by atoms with van der Waals surface area (Å²) >= 11 is 3.42. The van der Waals surface area contributed by atoms with Gasteiger partial charge in [0, 0.05) is 16.7 Å². The largest absolute Gasteiger partial charge is 0.310 e. The van der Waals surface area contributed by atoms with Gasteiger partial charge in [0.1, 0.15) is 5.82 Å². The molecule has 2 rings (SSSR count). The van der Waals surface area contributed by atoms with E-state index in [0.29, 0.717) is 0 Å². The number of nitrogens with zero attached hydrogens (tertiary/aromatic N) is 1. The molecule has 0 aliphatic heterocycles. The first-order valence-electron chi connectivity index (χ1n) is 6.27. The third-order valence-corrected chi connectivity index (χ3v) is 3.46. The predicted octanol–water partition coefficient (Wildman–Crippen LogP) is 3.88. The number of aromatic nitrogens is 1. The topological polar surface area (TPSA) is 24.9 Å². The predicted molar refractivity (Wildman–Crippen MR) is 78.5 cm³/mol. The van der Waals surface area contributed by atoms with Crippen LogP contribution in [0.4, 0.5) is 4.39 Å². The van der Waals surface area contributed by atoms with E-state index in [-0.39, 0.29) is 11.9 Å². The van der Waals surface area contributed by atoms with Crippen LogP contribution < -0.4 is 5.32 Å². The smallest absolute Gasteiger partial charge is 0.141 e. The number of likely N-dealkylation sites (N-methyl/N-ethyl adjacent to an activating group) is 1. The summed E-state index contributed by atoms with van der Waals surface area (Å²) in [6, 6.07) is 9.79. The van der Waals surface area contributed by atoms with Crippen LogP contribution >= 0.6 is 15.9 Å². The van der Waals surface area contributed by atoms with Crippen molar-refractivity contribution >= 4 is 15.9 Å². The minimum absolute atomic E-state index is 0.0781. The standard InChI is InChI=1S/C15H16BrFN2/c1-2-19-15(12-8-14(17)10-18-9-12)7-11-3-5-13(16)6-4-11/h3-6,8-10,15,19H,2,7H2,1H3. The zero-order valence-corrected chi connectivity index (χ0v) is 12.3. The van der Waals surface area contributed by atoms with Gasteiger partial charge in [-0.1, -0.05) is 35.0 Å². The molecule has 1 heterocycles. The highest BCUT2D eigenvalue weighted by molar-refractivity contribution is 9.10. The van der Waals surface area contributed by atoms with Crippen LogP contribution in [-0.4, -0.2) is 11.5 Å². The fourth-order valence-corrected chi connectivity index (χ4v) is 2.29. The first-order valence-corrected chi connectivity index (χ1v) is 7.06. The van der Waals surface area contributed by atoms with Crippen molar-refractivity contribution in [3.8, 4) is 0 Å². The van der Waals surface area contributed by atoms with E-state index in [0.717, 1.165) is 23.0 Å². The lowest BCUT2D eigenvalue weighted by Gasteiger charge is -2.18. The highest BCUT2D eigenvalue weighted by Crippen LogP contribution is 2.20. The van der Waals surface area contributed by atoms with Crippen molar-refractivity contribution in [1.82, 2.24) is 10.3 Å². The molecule has 0 amide bonds. The van der Waals surface area contributed by atoms with Gasteiger partial charge in [-0.3, -0.25) is 4.98 Å². The van der Waals surface area contributed by atoms with E-state index >= 15 is 0 Å². The van der Waals surface area contributed by atoms with Crippen LogP contribution in [0.25, 0.3) is 0 Å². The fraction of sp³-hybridized carbons (Fsp3) is 0.267. The van der Waals surface area contributed by atoms with Crippen molar-refractivity contribution in [1.29, 1.82) is 0 Å². The van der Waals surface area contributed by atoms with Crippen molar-refractivity contribution in [2.24, 2.45) is 0 Å². The summed E-state index contributed by atoms with van der Waals surface area (Å²) in [7, 11) is 0. The van der Waals surface area contributed by atoms with Gasteiger partial charge in [-0.2, -0.15) is 0 Å². The summed E-state index contributed by atoms with van der Waals surface area (Å²) in [4.78, 5) is 3.92. The van der Waals surface area contributed by atoms with Gasteiger partial charge in [0.2, 0.25) is 0 Å². The molecule has 100 valence electrons. The third-order valence-electron chi connectivity index (χ3n) is 2.93. The van der Waals surface area contributed by atoms with Crippen LogP contribution in [0.3, 0.4) is 0 Å². The molecule has 1 N–H and O–H groups in total. The molecule has 1 aromatic heterocycles. The van der Waals surface area contributed by atoms with E-state index < -0.39 is 0 Å². The zero-order valence-electron chi connectivity index (χ0n) is 10.7. The molecule has 2 nitrogen and oxygen atoms in total. The Balaban J connectivity index is 2.18. The summed E-state index contributed by atoms with van der Waals surface area (Å²) in [5.74, 6) is -0.295. The molecule has 0 aliphatic carbocycles. The average Bonchev–Trinajstić information content (AvgIpc) is 2.41. The highest BCUT2D eigenvalue weighted by Gasteiger charge is 2.12. The third kappa shape index (κ3) is 4.11. The van der Waals surface area contributed by atoms with E-state index in [1.165, 1.54) is 11.8 Å². The summed E-state index contributed by atoms with van der Waals surface area (Å²) in [5, 5.41) is 3.37. The second-order valence-corrected chi connectivity index (χ2v) is 5.29. The van der Waals surface area contributed by atoms with E-state index in [2.05, 4.69) is 38.4 Å². The summed E-state index contributed by atoms with van der Waals surface area (Å²) in [6.45, 7) is 2.87. The van der Waals surface area contributed by atoms with Crippen LogP contribution in [0, 0.1) is 5.82 Å². The number of pyridine rings is 1. The number of hydrogen-bond donors (Lipinski definition) is 1. The number of hydrogen-bond acceptors (Lipinski definition) is 2. The van der Waals surface area contributed by atoms with Crippen molar-refractivity contribution in [3.05, 3.63) is 64.1 Å². The Morgan fingerprint density at radius 1 is 1.26 bits per heavy atom. The van der Waals surface area contributed by atoms with Crippen LogP contribution in [0.15, 0.2) is 47.2 Å². The second kappa shape index (κ2) is 6.78. The van der Waals surface area contributed by atoms with E-state index in [1.807, 2.05) is 19.1 Å². The molecule has 19 heavy (non-hydrogen) atoms. The van der Waals surface area contributed by atoms with E-state index in [9.17, 15) is 4.39 Å². The van der Waals surface area contributed by atoms with Gasteiger partial charge in [0.15, 0.2) is 0 Å². The van der Waals surface area contributed by atoms with Crippen LogP contribution in [0.1, 0.15) is 24.1 Å². The highest BCUT2D eigenvalue weighted by atomic mass is 79.9. The van der Waals surface area contributed by atoms with Gasteiger partial charge in [-0.15, -0.1) is 0 Å². The summed E-state index contributed by atoms with van der Waals surface area (Å²) < 4.78 is 14.3. The zero-order chi connectivity index (χ0) is 13.7. The molecule has 0 bridgehead atoms. The van der Waals surface area contributed by atoms with E-state index in [1.54, 1.807) is 12.3 Å². The number of rotatable bonds is 5. The molecule has 0 radical (unpaired) electrons. The molecule has 0 spiro atoms. The molecule has 4 heteroatoms. The molecule has 1 unspecified atom stereocenters. The molecular formula is C15H16BrFN2. The van der Waals surface area contributed by atoms with Gasteiger partial charge in [-0.05, 0) is 42.3 Å². The number of nitrogens with one attached hydrogen (secondary N) is 1. The average molecular weight is 323 g/mol. The Morgan fingerprint density at radius 2 is 2.00 bits per heavy atom. The Labute approximate surface area is 121 Å². The molecule has 0 saturated carbocycles. The summed E-state index contributed by atoms with van der Waals surface area (Å²) in [6.07, 6.45) is 3.76. The van der Waals surface area contributed by atoms with E-state index in [4.69, 9.17) is 0 Å². The quantitative estimate of drug-likeness (QED) is 0.903. The Morgan fingerprint density at radius 3 is 2.63 bits per heavy atom. The van der Waals surface area contributed by atoms with Crippen molar-refractivity contribution < 1.29 is 4.39 Å². The fourth-order valence-electron chi connectivity index (χ4n) is 2.03. The lowest BCUT2D eigenvalue weighted by Crippen LogP contribution is -2.23. The Hall–Kier alpha value is -1.26. The lowest BCUT2D eigenvalue weighted by atomic mass is 10.00. The van der Waals surface area contributed by atoms with Crippen LogP contribution in [0.5, 0.6) is 0 Å². The number of halogens is 2. The van der Waals surface area contributed by atoms with Crippen LogP contribution in [-0.2, 0) is 6.42 Å². The van der Waals surface area contributed by atoms with Gasteiger partial charge in [0.25, 0.3) is 0 Å². The molecule has 1 aromatic carbocycles. The molecule has 0 aliphatic rings. The van der Waals surface area contributed by atoms with Crippen molar-refractivity contribution in [2.75, 3.05) is 6.54 Å². The minimum atomic E-state index is -0.295. The first kappa shape index (κ1) is 14.2. The maximum atomic E-state index is 13.3. The molecular weight excluding hydrogens is 307 g/mol. The minimum Gasteiger partial charge on any atom is -0.310 e. The second-order valence-electron chi connectivity index (χ2n) is 4.38. The van der Waals surface area contributed by atoms with Gasteiger partial charge < -0.3 is 5.32 Å². The number of benzene rings is 1. The molecule has 2 aromatic rings. The lowest BCUT2D eigenvalue weighted by molar-refractivity contribution is 0.539. The molecule has 1 atom stereocenters. The Bertz CT molecular complexity index is 528. The molecule has 0 saturated heterocycles. The first-order chi connectivity index (χ1) is 9.19. The van der Waals surface area contributed by atoms with Gasteiger partial charge in [-0.25, -0.2) is 4.39 Å². The van der Waals surface area contributed by atoms with Crippen molar-refractivity contribution in [2.45, 2.75) is 19.4 Å². The van der Waals surface area contributed by atoms with Crippen LogP contribution in [0.2, 0.25) is 0 Å². The SMILES string of the molecule is CCNC(Cc1ccc(Br)cc1)c1cncc(F)c1. The Kier molecular flexibility index (Phi) is 5.05. The van der Waals surface area contributed by atoms with Gasteiger partial charge in [0.05, 0.1) is 6.20 Å². The summed E-state index contributed by atoms with van der Waals surface area (Å²) in [5.41, 5.74) is 2.09. The monoisotopic (exact) mass is 322 g/mol. The van der Waals surface area contributed by atoms with Crippen molar-refractivity contribution in [3.63, 3.8) is 0 Å². The maximum Gasteiger partial charge on any atom is 0.141 e. The van der Waals surface area contributed by atoms with Gasteiger partial charge >= 0.3 is 0 Å².